The first-order valence-corrected chi connectivity index (χ1v) is 7.40. The number of nitrogens with one attached hydrogen (secondary N) is 1. The van der Waals surface area contributed by atoms with Crippen molar-refractivity contribution < 1.29 is 14.7 Å². The highest BCUT2D eigenvalue weighted by molar-refractivity contribution is 7.20. The number of carboxylic acid groups (broad SMARTS) is 1. The lowest BCUT2D eigenvalue weighted by atomic mass is 10.2. The van der Waals surface area contributed by atoms with E-state index in [4.69, 9.17) is 5.11 Å². The van der Waals surface area contributed by atoms with E-state index in [1.165, 1.54) is 11.3 Å². The number of carboxylic acids is 1. The van der Waals surface area contributed by atoms with Gasteiger partial charge in [-0.3, -0.25) is 4.79 Å². The maximum atomic E-state index is 11.9. The highest BCUT2D eigenvalue weighted by atomic mass is 32.1. The molecule has 5 nitrogen and oxygen atoms in total. The number of hydrogen-bond donors (Lipinski definition) is 2. The molecule has 2 N–H and O–H groups in total. The molecule has 19 heavy (non-hydrogen) atoms. The molecule has 2 rings (SSSR count). The Morgan fingerprint density at radius 2 is 2.26 bits per heavy atom. The molecule has 0 spiro atoms. The molecule has 2 aromatic rings. The molecule has 0 bridgehead atoms. The number of aromatic nitrogens is 1. The zero-order valence-corrected chi connectivity index (χ0v) is 11.8. The largest absolute Gasteiger partial charge is 0.480 e. The summed E-state index contributed by atoms with van der Waals surface area (Å²) in [6, 6.07) is 2.97. The molecule has 0 aromatic carbocycles. The third-order valence-corrected chi connectivity index (χ3v) is 4.36. The predicted octanol–water partition coefficient (Wildman–Crippen LogP) is 2.46. The first-order valence-electron chi connectivity index (χ1n) is 5.65. The molecule has 100 valence electrons. The van der Waals surface area contributed by atoms with Crippen molar-refractivity contribution in [3.8, 4) is 9.88 Å². The van der Waals surface area contributed by atoms with Gasteiger partial charge >= 0.3 is 5.97 Å². The van der Waals surface area contributed by atoms with Crippen molar-refractivity contribution >= 4 is 34.6 Å². The van der Waals surface area contributed by atoms with E-state index in [-0.39, 0.29) is 5.69 Å². The number of carbonyl (C=O) groups excluding carboxylic acids is 1. The highest BCUT2D eigenvalue weighted by Crippen LogP contribution is 2.27. The molecule has 0 aliphatic heterocycles. The average Bonchev–Trinajstić information content (AvgIpc) is 3.04. The maximum Gasteiger partial charge on any atom is 0.326 e. The lowest BCUT2D eigenvalue weighted by Gasteiger charge is -2.10. The molecular weight excluding hydrogens is 284 g/mol. The second-order valence-electron chi connectivity index (χ2n) is 3.79. The van der Waals surface area contributed by atoms with Crippen LogP contribution in [0.2, 0.25) is 0 Å². The normalized spacial score (nSPS) is 12.1. The average molecular weight is 296 g/mol. The summed E-state index contributed by atoms with van der Waals surface area (Å²) in [5, 5.41) is 15.7. The van der Waals surface area contributed by atoms with E-state index in [0.717, 1.165) is 9.88 Å². The Morgan fingerprint density at radius 1 is 1.47 bits per heavy atom. The van der Waals surface area contributed by atoms with E-state index < -0.39 is 17.9 Å². The van der Waals surface area contributed by atoms with Gasteiger partial charge in [0.15, 0.2) is 0 Å². The maximum absolute atomic E-state index is 11.9. The van der Waals surface area contributed by atoms with Crippen molar-refractivity contribution in [3.05, 3.63) is 28.6 Å². The number of thiazole rings is 1. The molecule has 0 aliphatic carbocycles. The van der Waals surface area contributed by atoms with E-state index in [0.29, 0.717) is 6.42 Å². The van der Waals surface area contributed by atoms with Gasteiger partial charge in [0.2, 0.25) is 0 Å². The van der Waals surface area contributed by atoms with Crippen LogP contribution in [0.15, 0.2) is 22.9 Å². The van der Waals surface area contributed by atoms with E-state index in [1.54, 1.807) is 23.6 Å². The Balaban J connectivity index is 2.10. The topological polar surface area (TPSA) is 79.3 Å². The predicted molar refractivity (Wildman–Crippen MR) is 74.6 cm³/mol. The number of hydrogen-bond acceptors (Lipinski definition) is 5. The van der Waals surface area contributed by atoms with Crippen LogP contribution in [0.5, 0.6) is 0 Å². The van der Waals surface area contributed by atoms with Crippen LogP contribution < -0.4 is 5.32 Å². The smallest absolute Gasteiger partial charge is 0.326 e. The summed E-state index contributed by atoms with van der Waals surface area (Å²) in [5.41, 5.74) is 0.258. The van der Waals surface area contributed by atoms with Crippen molar-refractivity contribution in [1.82, 2.24) is 10.3 Å². The Labute approximate surface area is 117 Å². The molecule has 7 heteroatoms. The molecular formula is C12H12N2O3S2. The number of rotatable bonds is 5. The van der Waals surface area contributed by atoms with Crippen LogP contribution in [-0.4, -0.2) is 28.0 Å². The summed E-state index contributed by atoms with van der Waals surface area (Å²) >= 11 is 2.92. The fourth-order valence-electron chi connectivity index (χ4n) is 1.46. The van der Waals surface area contributed by atoms with Crippen LogP contribution in [0.25, 0.3) is 9.88 Å². The van der Waals surface area contributed by atoms with Crippen LogP contribution in [0.4, 0.5) is 0 Å². The second kappa shape index (κ2) is 5.94. The summed E-state index contributed by atoms with van der Waals surface area (Å²) in [5.74, 6) is -1.49. The summed E-state index contributed by atoms with van der Waals surface area (Å²) < 4.78 is 0. The van der Waals surface area contributed by atoms with Gasteiger partial charge in [0.05, 0.1) is 4.88 Å². The minimum atomic E-state index is -1.04. The number of carbonyl (C=O) groups is 2. The Kier molecular flexibility index (Phi) is 4.28. The van der Waals surface area contributed by atoms with Crippen LogP contribution >= 0.6 is 22.7 Å². The summed E-state index contributed by atoms with van der Waals surface area (Å²) in [6.45, 7) is 1.71. The van der Waals surface area contributed by atoms with Gasteiger partial charge in [-0.25, -0.2) is 9.78 Å². The van der Waals surface area contributed by atoms with Crippen molar-refractivity contribution in [2.24, 2.45) is 0 Å². The lowest BCUT2D eigenvalue weighted by Crippen LogP contribution is -2.40. The van der Waals surface area contributed by atoms with Crippen molar-refractivity contribution in [2.45, 2.75) is 19.4 Å². The Morgan fingerprint density at radius 3 is 2.84 bits per heavy atom. The first-order chi connectivity index (χ1) is 9.11. The summed E-state index contributed by atoms with van der Waals surface area (Å²) in [6.07, 6.45) is 0.336. The highest BCUT2D eigenvalue weighted by Gasteiger charge is 2.20. The Bertz CT molecular complexity index is 578. The number of thiophene rings is 1. The standard InChI is InChI=1S/C12H12N2O3S2/c1-2-7(12(16)17)13-10(15)8-6-19-11(14-8)9-4-3-5-18-9/h3-7H,2H2,1H3,(H,13,15)(H,16,17)/t7-/m1/s1. The van der Waals surface area contributed by atoms with E-state index in [9.17, 15) is 9.59 Å². The molecule has 0 saturated heterocycles. The van der Waals surface area contributed by atoms with Gasteiger partial charge in [-0.05, 0) is 17.9 Å². The minimum absolute atomic E-state index is 0.258. The van der Waals surface area contributed by atoms with Gasteiger partial charge < -0.3 is 10.4 Å². The van der Waals surface area contributed by atoms with Crippen molar-refractivity contribution in [3.63, 3.8) is 0 Å². The SMILES string of the molecule is CC[C@@H](NC(=O)c1csc(-c2cccs2)n1)C(=O)O. The monoisotopic (exact) mass is 296 g/mol. The zero-order chi connectivity index (χ0) is 13.8. The first kappa shape index (κ1) is 13.7. The van der Waals surface area contributed by atoms with Gasteiger partial charge in [0, 0.05) is 5.38 Å². The third kappa shape index (κ3) is 3.18. The van der Waals surface area contributed by atoms with E-state index in [2.05, 4.69) is 10.3 Å². The van der Waals surface area contributed by atoms with Crippen LogP contribution in [0.1, 0.15) is 23.8 Å². The quantitative estimate of drug-likeness (QED) is 0.888. The Hall–Kier alpha value is -1.73. The molecule has 0 radical (unpaired) electrons. The van der Waals surface area contributed by atoms with Crippen LogP contribution in [0.3, 0.4) is 0 Å². The van der Waals surface area contributed by atoms with Gasteiger partial charge in [-0.15, -0.1) is 22.7 Å². The van der Waals surface area contributed by atoms with Crippen LogP contribution in [0, 0.1) is 0 Å². The molecule has 1 amide bonds. The zero-order valence-electron chi connectivity index (χ0n) is 10.1. The van der Waals surface area contributed by atoms with Gasteiger partial charge in [0.25, 0.3) is 5.91 Å². The van der Waals surface area contributed by atoms with Crippen molar-refractivity contribution in [1.29, 1.82) is 0 Å². The number of amides is 1. The molecule has 0 saturated carbocycles. The fraction of sp³-hybridized carbons (Fsp3) is 0.250. The number of nitrogens with zero attached hydrogens (tertiary/aromatic N) is 1. The minimum Gasteiger partial charge on any atom is -0.480 e. The third-order valence-electron chi connectivity index (χ3n) is 2.48. The number of aliphatic carboxylic acids is 1. The van der Waals surface area contributed by atoms with Gasteiger partial charge in [-0.2, -0.15) is 0 Å². The molecule has 0 unspecified atom stereocenters. The molecule has 0 fully saturated rings. The van der Waals surface area contributed by atoms with E-state index in [1.807, 2.05) is 17.5 Å². The van der Waals surface area contributed by atoms with E-state index >= 15 is 0 Å². The summed E-state index contributed by atoms with van der Waals surface area (Å²) in [7, 11) is 0. The van der Waals surface area contributed by atoms with Crippen LogP contribution in [-0.2, 0) is 4.79 Å². The molecule has 0 aliphatic rings. The second-order valence-corrected chi connectivity index (χ2v) is 5.59. The molecule has 1 atom stereocenters. The molecule has 2 heterocycles. The molecule has 2 aromatic heterocycles. The van der Waals surface area contributed by atoms with Gasteiger partial charge in [-0.1, -0.05) is 13.0 Å². The fourth-order valence-corrected chi connectivity index (χ4v) is 3.08. The lowest BCUT2D eigenvalue weighted by molar-refractivity contribution is -0.139. The summed E-state index contributed by atoms with van der Waals surface area (Å²) in [4.78, 5) is 28.0. The van der Waals surface area contributed by atoms with Gasteiger partial charge in [0.1, 0.15) is 16.7 Å². The van der Waals surface area contributed by atoms with Crippen molar-refractivity contribution in [2.75, 3.05) is 0 Å².